The van der Waals surface area contributed by atoms with Crippen LogP contribution in [-0.4, -0.2) is 26.7 Å². The average molecular weight is 449 g/mol. The largest absolute Gasteiger partial charge is 0.494 e. The lowest BCUT2D eigenvalue weighted by molar-refractivity contribution is 0.386. The number of rotatable bonds is 6. The van der Waals surface area contributed by atoms with Crippen molar-refractivity contribution in [2.45, 2.75) is 13.0 Å². The van der Waals surface area contributed by atoms with Gasteiger partial charge >= 0.3 is 0 Å². The van der Waals surface area contributed by atoms with Crippen molar-refractivity contribution in [2.75, 3.05) is 20.7 Å². The second-order valence-electron chi connectivity index (χ2n) is 4.65. The Balaban J connectivity index is 0.00000264. The summed E-state index contributed by atoms with van der Waals surface area (Å²) in [7, 11) is 3.17. The number of halogens is 2. The van der Waals surface area contributed by atoms with Gasteiger partial charge in [-0.15, -0.1) is 35.3 Å². The summed E-state index contributed by atoms with van der Waals surface area (Å²) in [5, 5.41) is 8.48. The summed E-state index contributed by atoms with van der Waals surface area (Å²) < 4.78 is 18.5. The first-order valence-electron chi connectivity index (χ1n) is 7.02. The summed E-state index contributed by atoms with van der Waals surface area (Å²) in [6.45, 7) is 1.30. The lowest BCUT2D eigenvalue weighted by Gasteiger charge is -2.12. The van der Waals surface area contributed by atoms with Crippen LogP contribution in [0.4, 0.5) is 4.39 Å². The average Bonchev–Trinajstić information content (AvgIpc) is 3.04. The SMILES string of the molecule is CN=C(NCCc1cccs1)NCc1ccc(OC)c(F)c1.I. The van der Waals surface area contributed by atoms with Crippen molar-refractivity contribution in [1.82, 2.24) is 10.6 Å². The molecule has 0 saturated heterocycles. The van der Waals surface area contributed by atoms with Crippen LogP contribution in [0.15, 0.2) is 40.7 Å². The number of ether oxygens (including phenoxy) is 1. The van der Waals surface area contributed by atoms with E-state index in [0.29, 0.717) is 12.5 Å². The molecule has 2 N–H and O–H groups in total. The molecule has 0 spiro atoms. The first kappa shape index (κ1) is 19.7. The van der Waals surface area contributed by atoms with E-state index in [2.05, 4.69) is 27.1 Å². The van der Waals surface area contributed by atoms with Crippen LogP contribution in [-0.2, 0) is 13.0 Å². The molecule has 0 aliphatic heterocycles. The smallest absolute Gasteiger partial charge is 0.191 e. The molecule has 0 aliphatic carbocycles. The number of benzene rings is 1. The van der Waals surface area contributed by atoms with Crippen LogP contribution in [0, 0.1) is 5.82 Å². The van der Waals surface area contributed by atoms with Gasteiger partial charge in [0.2, 0.25) is 0 Å². The summed E-state index contributed by atoms with van der Waals surface area (Å²) in [5.74, 6) is 0.595. The molecule has 0 unspecified atom stereocenters. The molecule has 0 aliphatic rings. The fourth-order valence-electron chi connectivity index (χ4n) is 1.99. The van der Waals surface area contributed by atoms with Crippen molar-refractivity contribution in [3.05, 3.63) is 52.0 Å². The zero-order chi connectivity index (χ0) is 15.8. The summed E-state index contributed by atoms with van der Waals surface area (Å²) in [6, 6.07) is 9.08. The highest BCUT2D eigenvalue weighted by Crippen LogP contribution is 2.17. The van der Waals surface area contributed by atoms with Crippen LogP contribution in [0.2, 0.25) is 0 Å². The Kier molecular flexibility index (Phi) is 8.93. The van der Waals surface area contributed by atoms with E-state index in [1.807, 2.05) is 12.1 Å². The second kappa shape index (κ2) is 10.4. The van der Waals surface area contributed by atoms with Crippen LogP contribution in [0.3, 0.4) is 0 Å². The van der Waals surface area contributed by atoms with Crippen LogP contribution in [0.25, 0.3) is 0 Å². The zero-order valence-electron chi connectivity index (χ0n) is 13.1. The molecule has 0 saturated carbocycles. The van der Waals surface area contributed by atoms with Crippen LogP contribution in [0.1, 0.15) is 10.4 Å². The quantitative estimate of drug-likeness (QED) is 0.404. The van der Waals surface area contributed by atoms with Crippen molar-refractivity contribution in [3.8, 4) is 5.75 Å². The van der Waals surface area contributed by atoms with Crippen LogP contribution < -0.4 is 15.4 Å². The van der Waals surface area contributed by atoms with Gasteiger partial charge in [0.05, 0.1) is 7.11 Å². The van der Waals surface area contributed by atoms with Crippen molar-refractivity contribution < 1.29 is 9.13 Å². The highest BCUT2D eigenvalue weighted by Gasteiger charge is 2.04. The number of hydrogen-bond donors (Lipinski definition) is 2. The van der Waals surface area contributed by atoms with Crippen molar-refractivity contribution in [1.29, 1.82) is 0 Å². The van der Waals surface area contributed by atoms with Gasteiger partial charge < -0.3 is 15.4 Å². The van der Waals surface area contributed by atoms with E-state index in [-0.39, 0.29) is 35.5 Å². The topological polar surface area (TPSA) is 45.7 Å². The number of nitrogens with zero attached hydrogens (tertiary/aromatic N) is 1. The molecular formula is C16H21FIN3OS. The minimum Gasteiger partial charge on any atom is -0.494 e. The molecule has 0 amide bonds. The van der Waals surface area contributed by atoms with E-state index in [9.17, 15) is 4.39 Å². The van der Waals surface area contributed by atoms with Gasteiger partial charge in [0.1, 0.15) is 0 Å². The molecule has 0 radical (unpaired) electrons. The fourth-order valence-corrected chi connectivity index (χ4v) is 2.69. The highest BCUT2D eigenvalue weighted by atomic mass is 127. The third-order valence-corrected chi connectivity index (χ3v) is 4.08. The third kappa shape index (κ3) is 6.34. The maximum Gasteiger partial charge on any atom is 0.191 e. The van der Waals surface area contributed by atoms with Crippen molar-refractivity contribution in [2.24, 2.45) is 4.99 Å². The number of nitrogens with one attached hydrogen (secondary N) is 2. The molecule has 7 heteroatoms. The van der Waals surface area contributed by atoms with Gasteiger partial charge in [0.25, 0.3) is 0 Å². The minimum absolute atomic E-state index is 0. The molecule has 0 atom stereocenters. The molecule has 4 nitrogen and oxygen atoms in total. The summed E-state index contributed by atoms with van der Waals surface area (Å²) in [6.07, 6.45) is 0.954. The Labute approximate surface area is 157 Å². The molecule has 0 bridgehead atoms. The zero-order valence-corrected chi connectivity index (χ0v) is 16.3. The molecule has 1 aromatic heterocycles. The van der Waals surface area contributed by atoms with Gasteiger partial charge in [0.15, 0.2) is 17.5 Å². The van der Waals surface area contributed by atoms with Gasteiger partial charge in [-0.05, 0) is 35.6 Å². The van der Waals surface area contributed by atoms with Crippen LogP contribution in [0.5, 0.6) is 5.75 Å². The summed E-state index contributed by atoms with van der Waals surface area (Å²) in [5.41, 5.74) is 0.833. The van der Waals surface area contributed by atoms with Gasteiger partial charge in [-0.2, -0.15) is 0 Å². The van der Waals surface area contributed by atoms with E-state index in [4.69, 9.17) is 4.74 Å². The Morgan fingerprint density at radius 2 is 2.13 bits per heavy atom. The van der Waals surface area contributed by atoms with Gasteiger partial charge in [0, 0.05) is 25.0 Å². The molecule has 1 aromatic carbocycles. The Morgan fingerprint density at radius 3 is 2.74 bits per heavy atom. The molecule has 126 valence electrons. The predicted molar refractivity (Wildman–Crippen MR) is 105 cm³/mol. The standard InChI is InChI=1S/C16H20FN3OS.HI/c1-18-16(19-8-7-13-4-3-9-22-13)20-11-12-5-6-15(21-2)14(17)10-12;/h3-6,9-10H,7-8,11H2,1-2H3,(H2,18,19,20);1H. The lowest BCUT2D eigenvalue weighted by Crippen LogP contribution is -2.37. The summed E-state index contributed by atoms with van der Waals surface area (Å²) in [4.78, 5) is 5.49. The Morgan fingerprint density at radius 1 is 1.30 bits per heavy atom. The monoisotopic (exact) mass is 449 g/mol. The van der Waals surface area contributed by atoms with E-state index < -0.39 is 0 Å². The van der Waals surface area contributed by atoms with E-state index in [1.165, 1.54) is 18.1 Å². The maximum atomic E-state index is 13.6. The van der Waals surface area contributed by atoms with Crippen LogP contribution >= 0.6 is 35.3 Å². The predicted octanol–water partition coefficient (Wildman–Crippen LogP) is 3.42. The van der Waals surface area contributed by atoms with E-state index in [0.717, 1.165) is 18.5 Å². The Bertz CT molecular complexity index is 620. The Hall–Kier alpha value is -1.35. The molecule has 23 heavy (non-hydrogen) atoms. The first-order chi connectivity index (χ1) is 10.7. The highest BCUT2D eigenvalue weighted by molar-refractivity contribution is 14.0. The fraction of sp³-hybridized carbons (Fsp3) is 0.312. The molecular weight excluding hydrogens is 428 g/mol. The lowest BCUT2D eigenvalue weighted by atomic mass is 10.2. The van der Waals surface area contributed by atoms with Crippen molar-refractivity contribution >= 4 is 41.3 Å². The normalized spacial score (nSPS) is 10.8. The minimum atomic E-state index is -0.359. The number of hydrogen-bond acceptors (Lipinski definition) is 3. The summed E-state index contributed by atoms with van der Waals surface area (Å²) >= 11 is 1.74. The second-order valence-corrected chi connectivity index (χ2v) is 5.68. The molecule has 2 rings (SSSR count). The van der Waals surface area contributed by atoms with Gasteiger partial charge in [-0.3, -0.25) is 4.99 Å². The van der Waals surface area contributed by atoms with E-state index in [1.54, 1.807) is 24.5 Å². The molecule has 1 heterocycles. The van der Waals surface area contributed by atoms with E-state index >= 15 is 0 Å². The van der Waals surface area contributed by atoms with Gasteiger partial charge in [-0.25, -0.2) is 4.39 Å². The van der Waals surface area contributed by atoms with Crippen molar-refractivity contribution in [3.63, 3.8) is 0 Å². The number of thiophene rings is 1. The number of methoxy groups -OCH3 is 1. The number of aliphatic imine (C=N–C) groups is 1. The third-order valence-electron chi connectivity index (χ3n) is 3.14. The first-order valence-corrected chi connectivity index (χ1v) is 7.90. The molecule has 0 fully saturated rings. The maximum absolute atomic E-state index is 13.6. The molecule has 2 aromatic rings. The number of guanidine groups is 1. The van der Waals surface area contributed by atoms with Gasteiger partial charge in [-0.1, -0.05) is 12.1 Å².